The molecule has 0 bridgehead atoms. The number of nitrogens with one attached hydrogen (secondary N) is 2. The smallest absolute Gasteiger partial charge is 0.237 e. The van der Waals surface area contributed by atoms with E-state index in [2.05, 4.69) is 43.2 Å². The van der Waals surface area contributed by atoms with Gasteiger partial charge in [0.1, 0.15) is 0 Å². The standard InChI is InChI=1S/C20H39N3O2/c1-7-9-16(10-8-2)11-18(24)22-15(3)13-21-19(25)17-12-20(4,5)14-23(17)6/h15-17H,7-14H2,1-6H3,(H,21,25)(H,22,24). The molecule has 0 aromatic rings. The second-order valence-electron chi connectivity index (χ2n) is 8.66. The highest BCUT2D eigenvalue weighted by molar-refractivity contribution is 5.82. The number of rotatable bonds is 10. The summed E-state index contributed by atoms with van der Waals surface area (Å²) in [5.74, 6) is 0.656. The molecule has 2 atom stereocenters. The molecular formula is C20H39N3O2. The maximum atomic E-state index is 12.4. The average molecular weight is 354 g/mol. The Morgan fingerprint density at radius 1 is 1.20 bits per heavy atom. The van der Waals surface area contributed by atoms with Crippen LogP contribution in [0.5, 0.6) is 0 Å². The largest absolute Gasteiger partial charge is 0.353 e. The van der Waals surface area contributed by atoms with Gasteiger partial charge in [0.15, 0.2) is 0 Å². The van der Waals surface area contributed by atoms with Crippen molar-refractivity contribution in [3.63, 3.8) is 0 Å². The molecule has 146 valence electrons. The van der Waals surface area contributed by atoms with Crippen LogP contribution in [0.15, 0.2) is 0 Å². The molecule has 0 saturated carbocycles. The molecule has 1 rings (SSSR count). The molecule has 0 aromatic heterocycles. The molecule has 1 aliphatic rings. The Morgan fingerprint density at radius 2 is 1.80 bits per heavy atom. The average Bonchev–Trinajstić information content (AvgIpc) is 2.78. The van der Waals surface area contributed by atoms with Crippen LogP contribution in [0.2, 0.25) is 0 Å². The van der Waals surface area contributed by atoms with Gasteiger partial charge in [0.05, 0.1) is 6.04 Å². The summed E-state index contributed by atoms with van der Waals surface area (Å²) in [7, 11) is 2.01. The summed E-state index contributed by atoms with van der Waals surface area (Å²) in [6, 6.07) is -0.100. The maximum absolute atomic E-state index is 12.4. The van der Waals surface area contributed by atoms with Crippen molar-refractivity contribution in [1.82, 2.24) is 15.5 Å². The van der Waals surface area contributed by atoms with E-state index >= 15 is 0 Å². The summed E-state index contributed by atoms with van der Waals surface area (Å²) in [6.07, 6.45) is 5.93. The van der Waals surface area contributed by atoms with Gasteiger partial charge in [0.25, 0.3) is 0 Å². The molecule has 25 heavy (non-hydrogen) atoms. The number of likely N-dealkylation sites (N-methyl/N-ethyl adjacent to an activating group) is 1. The van der Waals surface area contributed by atoms with Crippen molar-refractivity contribution in [1.29, 1.82) is 0 Å². The van der Waals surface area contributed by atoms with Gasteiger partial charge < -0.3 is 10.6 Å². The van der Waals surface area contributed by atoms with Gasteiger partial charge in [0, 0.05) is 25.6 Å². The third kappa shape index (κ3) is 7.76. The fraction of sp³-hybridized carbons (Fsp3) is 0.900. The fourth-order valence-corrected chi connectivity index (χ4v) is 4.01. The highest BCUT2D eigenvalue weighted by Gasteiger charge is 2.39. The number of carbonyl (C=O) groups excluding carboxylic acids is 2. The number of nitrogens with zero attached hydrogens (tertiary/aromatic N) is 1. The Kier molecular flexibility index (Phi) is 8.91. The van der Waals surface area contributed by atoms with Crippen molar-refractivity contribution in [2.24, 2.45) is 11.3 Å². The topological polar surface area (TPSA) is 61.4 Å². The molecule has 2 N–H and O–H groups in total. The normalized spacial score (nSPS) is 21.3. The van der Waals surface area contributed by atoms with Crippen molar-refractivity contribution in [3.05, 3.63) is 0 Å². The summed E-state index contributed by atoms with van der Waals surface area (Å²) in [6.45, 7) is 12.1. The van der Waals surface area contributed by atoms with Gasteiger partial charge in [0.2, 0.25) is 11.8 Å². The zero-order valence-electron chi connectivity index (χ0n) is 17.2. The minimum Gasteiger partial charge on any atom is -0.353 e. The lowest BCUT2D eigenvalue weighted by Gasteiger charge is -2.21. The molecule has 1 heterocycles. The third-order valence-corrected chi connectivity index (χ3v) is 5.12. The van der Waals surface area contributed by atoms with Crippen molar-refractivity contribution in [3.8, 4) is 0 Å². The first kappa shape index (κ1) is 21.9. The molecule has 2 amide bonds. The molecule has 1 saturated heterocycles. The van der Waals surface area contributed by atoms with Crippen LogP contribution in [-0.4, -0.2) is 48.9 Å². The van der Waals surface area contributed by atoms with Gasteiger partial charge in [-0.1, -0.05) is 53.4 Å². The highest BCUT2D eigenvalue weighted by atomic mass is 16.2. The number of amides is 2. The molecular weight excluding hydrogens is 314 g/mol. The van der Waals surface area contributed by atoms with E-state index in [0.29, 0.717) is 18.9 Å². The van der Waals surface area contributed by atoms with Gasteiger partial charge >= 0.3 is 0 Å². The molecule has 0 radical (unpaired) electrons. The van der Waals surface area contributed by atoms with Crippen molar-refractivity contribution < 1.29 is 9.59 Å². The maximum Gasteiger partial charge on any atom is 0.237 e. The summed E-state index contributed by atoms with van der Waals surface area (Å²) in [4.78, 5) is 26.8. The summed E-state index contributed by atoms with van der Waals surface area (Å²) in [5, 5.41) is 6.04. The van der Waals surface area contributed by atoms with Crippen molar-refractivity contribution >= 4 is 11.8 Å². The number of hydrogen-bond donors (Lipinski definition) is 2. The van der Waals surface area contributed by atoms with E-state index in [1.165, 1.54) is 0 Å². The van der Waals surface area contributed by atoms with E-state index in [1.807, 2.05) is 14.0 Å². The van der Waals surface area contributed by atoms with Crippen LogP contribution in [0.25, 0.3) is 0 Å². The number of carbonyl (C=O) groups is 2. The van der Waals surface area contributed by atoms with E-state index in [9.17, 15) is 9.59 Å². The molecule has 0 aromatic carbocycles. The summed E-state index contributed by atoms with van der Waals surface area (Å²) >= 11 is 0. The minimum absolute atomic E-state index is 0.0416. The Hall–Kier alpha value is -1.10. The zero-order valence-corrected chi connectivity index (χ0v) is 17.2. The number of likely N-dealkylation sites (tertiary alicyclic amines) is 1. The SMILES string of the molecule is CCCC(CCC)CC(=O)NC(C)CNC(=O)C1CC(C)(C)CN1C. The molecule has 5 nitrogen and oxygen atoms in total. The highest BCUT2D eigenvalue weighted by Crippen LogP contribution is 2.32. The van der Waals surface area contributed by atoms with Gasteiger partial charge in [-0.25, -0.2) is 0 Å². The lowest BCUT2D eigenvalue weighted by atomic mass is 9.90. The Balaban J connectivity index is 2.35. The first-order valence-corrected chi connectivity index (χ1v) is 9.95. The second kappa shape index (κ2) is 10.1. The quantitative estimate of drug-likeness (QED) is 0.635. The van der Waals surface area contributed by atoms with Crippen LogP contribution >= 0.6 is 0 Å². The van der Waals surface area contributed by atoms with Gasteiger partial charge in [-0.2, -0.15) is 0 Å². The minimum atomic E-state index is -0.0589. The predicted molar refractivity (Wildman–Crippen MR) is 103 cm³/mol. The fourth-order valence-electron chi connectivity index (χ4n) is 4.01. The van der Waals surface area contributed by atoms with E-state index in [-0.39, 0.29) is 29.3 Å². The van der Waals surface area contributed by atoms with Crippen LogP contribution < -0.4 is 10.6 Å². The first-order valence-electron chi connectivity index (χ1n) is 9.95. The van der Waals surface area contributed by atoms with Crippen LogP contribution in [-0.2, 0) is 9.59 Å². The van der Waals surface area contributed by atoms with E-state index in [4.69, 9.17) is 0 Å². The Morgan fingerprint density at radius 3 is 2.28 bits per heavy atom. The zero-order chi connectivity index (χ0) is 19.0. The Bertz CT molecular complexity index is 431. The van der Waals surface area contributed by atoms with Gasteiger partial charge in [-0.3, -0.25) is 14.5 Å². The molecule has 0 aliphatic carbocycles. The van der Waals surface area contributed by atoms with Crippen LogP contribution in [0.4, 0.5) is 0 Å². The van der Waals surface area contributed by atoms with Gasteiger partial charge in [-0.15, -0.1) is 0 Å². The van der Waals surface area contributed by atoms with E-state index in [0.717, 1.165) is 38.6 Å². The monoisotopic (exact) mass is 353 g/mol. The second-order valence-corrected chi connectivity index (χ2v) is 8.66. The number of hydrogen-bond acceptors (Lipinski definition) is 3. The third-order valence-electron chi connectivity index (χ3n) is 5.12. The molecule has 5 heteroatoms. The van der Waals surface area contributed by atoms with Crippen LogP contribution in [0.3, 0.4) is 0 Å². The summed E-state index contributed by atoms with van der Waals surface area (Å²) in [5.41, 5.74) is 0.185. The molecule has 1 fully saturated rings. The van der Waals surface area contributed by atoms with E-state index in [1.54, 1.807) is 0 Å². The lowest BCUT2D eigenvalue weighted by Crippen LogP contribution is -2.47. The molecule has 0 spiro atoms. The van der Waals surface area contributed by atoms with Crippen molar-refractivity contribution in [2.45, 2.75) is 85.2 Å². The van der Waals surface area contributed by atoms with E-state index < -0.39 is 0 Å². The Labute approximate surface area is 154 Å². The van der Waals surface area contributed by atoms with Crippen LogP contribution in [0, 0.1) is 11.3 Å². The predicted octanol–water partition coefficient (Wildman–Crippen LogP) is 2.94. The summed E-state index contributed by atoms with van der Waals surface area (Å²) < 4.78 is 0. The molecule has 2 unspecified atom stereocenters. The molecule has 1 aliphatic heterocycles. The van der Waals surface area contributed by atoms with Crippen LogP contribution in [0.1, 0.15) is 73.1 Å². The lowest BCUT2D eigenvalue weighted by molar-refractivity contribution is -0.126. The first-order chi connectivity index (χ1) is 11.7. The van der Waals surface area contributed by atoms with Gasteiger partial charge in [-0.05, 0) is 31.7 Å². The van der Waals surface area contributed by atoms with Crippen molar-refractivity contribution in [2.75, 3.05) is 20.1 Å².